The average Bonchev–Trinajstić information content (AvgIpc) is 3.30. The first-order chi connectivity index (χ1) is 12.5. The summed E-state index contributed by atoms with van der Waals surface area (Å²) in [6, 6.07) is 5.75. The molecule has 0 radical (unpaired) electrons. The smallest absolute Gasteiger partial charge is 0.209 e. The van der Waals surface area contributed by atoms with Gasteiger partial charge < -0.3 is 8.98 Å². The SMILES string of the molecule is Cc1cc(C(=O)CSc2nnnn2CC(C)C)c(C)n1Cc1ccco1. The van der Waals surface area contributed by atoms with Crippen LogP contribution >= 0.6 is 11.8 Å². The van der Waals surface area contributed by atoms with Crippen molar-refractivity contribution in [3.63, 3.8) is 0 Å². The van der Waals surface area contributed by atoms with Gasteiger partial charge in [0.1, 0.15) is 5.76 Å². The number of ketones is 1. The van der Waals surface area contributed by atoms with Crippen molar-refractivity contribution < 1.29 is 9.21 Å². The summed E-state index contributed by atoms with van der Waals surface area (Å²) in [6.07, 6.45) is 1.66. The maximum Gasteiger partial charge on any atom is 0.209 e. The fourth-order valence-electron chi connectivity index (χ4n) is 2.85. The number of furan rings is 1. The number of hydrogen-bond acceptors (Lipinski definition) is 6. The summed E-state index contributed by atoms with van der Waals surface area (Å²) in [6.45, 7) is 9.54. The van der Waals surface area contributed by atoms with E-state index in [-0.39, 0.29) is 5.78 Å². The lowest BCUT2D eigenvalue weighted by Gasteiger charge is -2.08. The normalized spacial score (nSPS) is 11.4. The maximum atomic E-state index is 12.7. The monoisotopic (exact) mass is 373 g/mol. The Morgan fingerprint density at radius 3 is 2.85 bits per heavy atom. The molecule has 0 atom stereocenters. The molecule has 0 amide bonds. The van der Waals surface area contributed by atoms with Gasteiger partial charge in [-0.05, 0) is 48.4 Å². The molecule has 0 aromatic carbocycles. The highest BCUT2D eigenvalue weighted by atomic mass is 32.2. The first-order valence-corrected chi connectivity index (χ1v) is 9.55. The molecule has 7 nitrogen and oxygen atoms in total. The second-order valence-corrected chi connectivity index (χ2v) is 7.64. The number of carbonyl (C=O) groups excluding carboxylic acids is 1. The van der Waals surface area contributed by atoms with E-state index in [1.54, 1.807) is 10.9 Å². The molecule has 138 valence electrons. The minimum absolute atomic E-state index is 0.0768. The third-order valence-electron chi connectivity index (χ3n) is 4.14. The van der Waals surface area contributed by atoms with Gasteiger partial charge >= 0.3 is 0 Å². The van der Waals surface area contributed by atoms with Crippen LogP contribution in [-0.2, 0) is 13.1 Å². The summed E-state index contributed by atoms with van der Waals surface area (Å²) in [5.74, 6) is 1.69. The molecule has 3 heterocycles. The van der Waals surface area contributed by atoms with Gasteiger partial charge in [-0.3, -0.25) is 4.79 Å². The number of tetrazole rings is 1. The summed E-state index contributed by atoms with van der Waals surface area (Å²) in [4.78, 5) is 12.7. The van der Waals surface area contributed by atoms with Crippen molar-refractivity contribution in [2.24, 2.45) is 5.92 Å². The molecule has 0 spiro atoms. The van der Waals surface area contributed by atoms with E-state index in [2.05, 4.69) is 33.9 Å². The predicted octanol–water partition coefficient (Wildman–Crippen LogP) is 3.36. The second kappa shape index (κ2) is 7.90. The molecule has 8 heteroatoms. The van der Waals surface area contributed by atoms with Gasteiger partial charge in [0, 0.05) is 23.5 Å². The molecule has 0 aliphatic heterocycles. The molecule has 26 heavy (non-hydrogen) atoms. The van der Waals surface area contributed by atoms with E-state index in [0.717, 1.165) is 29.3 Å². The maximum absolute atomic E-state index is 12.7. The first-order valence-electron chi connectivity index (χ1n) is 8.57. The van der Waals surface area contributed by atoms with Gasteiger partial charge in [-0.2, -0.15) is 0 Å². The van der Waals surface area contributed by atoms with E-state index in [1.165, 1.54) is 11.8 Å². The first kappa shape index (κ1) is 18.4. The van der Waals surface area contributed by atoms with Crippen molar-refractivity contribution in [3.05, 3.63) is 47.2 Å². The van der Waals surface area contributed by atoms with Gasteiger partial charge in [0.25, 0.3) is 0 Å². The summed E-state index contributed by atoms with van der Waals surface area (Å²) in [5, 5.41) is 12.4. The Balaban J connectivity index is 1.70. The van der Waals surface area contributed by atoms with E-state index in [4.69, 9.17) is 4.42 Å². The molecule has 0 bridgehead atoms. The summed E-state index contributed by atoms with van der Waals surface area (Å²) < 4.78 is 9.27. The number of rotatable bonds is 8. The zero-order valence-corrected chi connectivity index (χ0v) is 16.3. The highest BCUT2D eigenvalue weighted by Gasteiger charge is 2.18. The minimum atomic E-state index is 0.0768. The third-order valence-corrected chi connectivity index (χ3v) is 5.09. The Kier molecular flexibility index (Phi) is 5.61. The van der Waals surface area contributed by atoms with Crippen molar-refractivity contribution in [2.45, 2.75) is 45.9 Å². The largest absolute Gasteiger partial charge is 0.467 e. The molecule has 3 aromatic rings. The second-order valence-electron chi connectivity index (χ2n) is 6.70. The Hall–Kier alpha value is -2.35. The number of aromatic nitrogens is 5. The highest BCUT2D eigenvalue weighted by molar-refractivity contribution is 7.99. The minimum Gasteiger partial charge on any atom is -0.467 e. The van der Waals surface area contributed by atoms with Crippen molar-refractivity contribution in [2.75, 3.05) is 5.75 Å². The van der Waals surface area contributed by atoms with Gasteiger partial charge in [-0.15, -0.1) is 5.10 Å². The Labute approximate surface area is 156 Å². The van der Waals surface area contributed by atoms with Gasteiger partial charge in [0.05, 0.1) is 18.6 Å². The molecule has 0 saturated heterocycles. The van der Waals surface area contributed by atoms with Crippen molar-refractivity contribution in [3.8, 4) is 0 Å². The van der Waals surface area contributed by atoms with E-state index < -0.39 is 0 Å². The van der Waals surface area contributed by atoms with E-state index >= 15 is 0 Å². The molecule has 3 aromatic heterocycles. The topological polar surface area (TPSA) is 78.7 Å². The Bertz CT molecular complexity index is 880. The molecule has 0 aliphatic carbocycles. The number of Topliss-reactive ketones (excluding diaryl/α,β-unsaturated/α-hetero) is 1. The van der Waals surface area contributed by atoms with Crippen LogP contribution in [0.15, 0.2) is 34.0 Å². The van der Waals surface area contributed by atoms with Gasteiger partial charge in [0.15, 0.2) is 5.78 Å². The molecular weight excluding hydrogens is 350 g/mol. The van der Waals surface area contributed by atoms with Crippen LogP contribution in [-0.4, -0.2) is 36.3 Å². The van der Waals surface area contributed by atoms with Crippen LogP contribution in [0.2, 0.25) is 0 Å². The standard InChI is InChI=1S/C18H23N5O2S/c1-12(2)9-23-18(19-20-21-23)26-11-17(24)16-8-13(3)22(14(16)4)10-15-6-5-7-25-15/h5-8,12H,9-11H2,1-4H3. The fraction of sp³-hybridized carbons (Fsp3) is 0.444. The fourth-order valence-corrected chi connectivity index (χ4v) is 3.62. The zero-order valence-electron chi connectivity index (χ0n) is 15.5. The number of thioether (sulfide) groups is 1. The molecule has 0 saturated carbocycles. The molecular formula is C18H23N5O2S. The number of carbonyl (C=O) groups is 1. The Morgan fingerprint density at radius 2 is 2.15 bits per heavy atom. The van der Waals surface area contributed by atoms with Crippen LogP contribution in [0.25, 0.3) is 0 Å². The van der Waals surface area contributed by atoms with E-state index in [9.17, 15) is 4.79 Å². The highest BCUT2D eigenvalue weighted by Crippen LogP contribution is 2.22. The summed E-state index contributed by atoms with van der Waals surface area (Å²) in [7, 11) is 0. The van der Waals surface area contributed by atoms with Crippen LogP contribution in [0.1, 0.15) is 41.4 Å². The summed E-state index contributed by atoms with van der Waals surface area (Å²) in [5.41, 5.74) is 2.73. The number of hydrogen-bond donors (Lipinski definition) is 0. The molecule has 0 fully saturated rings. The van der Waals surface area contributed by atoms with Crippen LogP contribution in [0.5, 0.6) is 0 Å². The van der Waals surface area contributed by atoms with Crippen LogP contribution < -0.4 is 0 Å². The van der Waals surface area contributed by atoms with E-state index in [0.29, 0.717) is 23.4 Å². The summed E-state index contributed by atoms with van der Waals surface area (Å²) >= 11 is 1.38. The van der Waals surface area contributed by atoms with Crippen LogP contribution in [0, 0.1) is 19.8 Å². The predicted molar refractivity (Wildman–Crippen MR) is 99.4 cm³/mol. The lowest BCUT2D eigenvalue weighted by Crippen LogP contribution is -2.10. The lowest BCUT2D eigenvalue weighted by molar-refractivity contribution is 0.102. The van der Waals surface area contributed by atoms with E-state index in [1.807, 2.05) is 32.0 Å². The molecule has 3 rings (SSSR count). The average molecular weight is 373 g/mol. The lowest BCUT2D eigenvalue weighted by atomic mass is 10.2. The van der Waals surface area contributed by atoms with Crippen molar-refractivity contribution in [1.82, 2.24) is 24.8 Å². The van der Waals surface area contributed by atoms with Crippen molar-refractivity contribution in [1.29, 1.82) is 0 Å². The molecule has 0 aliphatic rings. The van der Waals surface area contributed by atoms with Gasteiger partial charge in [-0.25, -0.2) is 4.68 Å². The molecule has 0 unspecified atom stereocenters. The van der Waals surface area contributed by atoms with Gasteiger partial charge in [0.2, 0.25) is 5.16 Å². The van der Waals surface area contributed by atoms with Crippen LogP contribution in [0.4, 0.5) is 0 Å². The quantitative estimate of drug-likeness (QED) is 0.445. The van der Waals surface area contributed by atoms with Crippen molar-refractivity contribution >= 4 is 17.5 Å². The molecule has 0 N–H and O–H groups in total. The number of nitrogens with zero attached hydrogens (tertiary/aromatic N) is 5. The van der Waals surface area contributed by atoms with Gasteiger partial charge in [-0.1, -0.05) is 25.6 Å². The number of aryl methyl sites for hydroxylation is 1. The zero-order chi connectivity index (χ0) is 18.7. The van der Waals surface area contributed by atoms with Crippen LogP contribution in [0.3, 0.4) is 0 Å². The Morgan fingerprint density at radius 1 is 1.35 bits per heavy atom. The third kappa shape index (κ3) is 4.07.